The number of amides is 1. The highest BCUT2D eigenvalue weighted by molar-refractivity contribution is 7.85. The molecule has 38 heavy (non-hydrogen) atoms. The molecule has 5 rings (SSSR count). The van der Waals surface area contributed by atoms with E-state index < -0.39 is 16.9 Å². The van der Waals surface area contributed by atoms with Gasteiger partial charge in [0.05, 0.1) is 33.7 Å². The van der Waals surface area contributed by atoms with Gasteiger partial charge in [-0.05, 0) is 62.9 Å². The van der Waals surface area contributed by atoms with Crippen molar-refractivity contribution in [3.63, 3.8) is 0 Å². The molecule has 0 radical (unpaired) electrons. The minimum atomic E-state index is -1.20. The van der Waals surface area contributed by atoms with Crippen molar-refractivity contribution in [2.45, 2.75) is 56.6 Å². The van der Waals surface area contributed by atoms with Gasteiger partial charge in [0, 0.05) is 53.6 Å². The predicted molar refractivity (Wildman–Crippen MR) is 148 cm³/mol. The lowest BCUT2D eigenvalue weighted by atomic mass is 9.92. The average molecular weight is 530 g/mol. The zero-order chi connectivity index (χ0) is 26.8. The Hall–Kier alpha value is -3.90. The number of carbonyl (C=O) groups is 1. The van der Waals surface area contributed by atoms with E-state index in [0.29, 0.717) is 23.4 Å². The normalized spacial score (nSPS) is 14.3. The summed E-state index contributed by atoms with van der Waals surface area (Å²) in [5.41, 5.74) is 3.92. The van der Waals surface area contributed by atoms with Crippen molar-refractivity contribution < 1.29 is 13.7 Å². The Kier molecular flexibility index (Phi) is 7.34. The topological polar surface area (TPSA) is 102 Å². The Bertz CT molecular complexity index is 1540. The molecule has 1 N–H and O–H groups in total. The molecule has 1 amide bonds. The third-order valence-electron chi connectivity index (χ3n) is 6.97. The van der Waals surface area contributed by atoms with Crippen molar-refractivity contribution in [1.29, 1.82) is 5.26 Å². The molecule has 0 aliphatic heterocycles. The quantitative estimate of drug-likeness (QED) is 0.304. The van der Waals surface area contributed by atoms with E-state index in [2.05, 4.69) is 20.9 Å². The van der Waals surface area contributed by atoms with Crippen LogP contribution in [0.5, 0.6) is 0 Å². The minimum Gasteiger partial charge on any atom is -0.447 e. The predicted octanol–water partition coefficient (Wildman–Crippen LogP) is 5.95. The lowest BCUT2D eigenvalue weighted by Gasteiger charge is -2.30. The largest absolute Gasteiger partial charge is 0.447 e. The molecule has 0 bridgehead atoms. The first-order chi connectivity index (χ1) is 18.4. The minimum absolute atomic E-state index is 0.209. The van der Waals surface area contributed by atoms with E-state index in [-0.39, 0.29) is 12.1 Å². The van der Waals surface area contributed by atoms with Crippen molar-refractivity contribution in [2.75, 3.05) is 11.1 Å². The number of nitrogens with zero attached hydrogens (tertiary/aromatic N) is 4. The van der Waals surface area contributed by atoms with E-state index in [1.54, 1.807) is 20.0 Å². The molecule has 196 valence electrons. The maximum Gasteiger partial charge on any atom is 0.411 e. The Morgan fingerprint density at radius 1 is 1.24 bits per heavy atom. The summed E-state index contributed by atoms with van der Waals surface area (Å²) in [5, 5.41) is 13.8. The van der Waals surface area contributed by atoms with Gasteiger partial charge >= 0.3 is 6.09 Å². The second-order valence-electron chi connectivity index (χ2n) is 9.88. The lowest BCUT2D eigenvalue weighted by Crippen LogP contribution is -2.18. The number of ether oxygens (including phenoxy) is 1. The molecule has 9 heteroatoms. The second kappa shape index (κ2) is 10.8. The third-order valence-corrected chi connectivity index (χ3v) is 8.32. The molecular formula is C29H31N5O3S. The van der Waals surface area contributed by atoms with E-state index >= 15 is 0 Å². The zero-order valence-electron chi connectivity index (χ0n) is 21.8. The monoisotopic (exact) mass is 529 g/mol. The van der Waals surface area contributed by atoms with Crippen LogP contribution in [0.15, 0.2) is 59.8 Å². The van der Waals surface area contributed by atoms with Crippen LogP contribution in [0.3, 0.4) is 0 Å². The van der Waals surface area contributed by atoms with Gasteiger partial charge in [-0.3, -0.25) is 9.53 Å². The summed E-state index contributed by atoms with van der Waals surface area (Å²) < 4.78 is 22.6. The van der Waals surface area contributed by atoms with Crippen LogP contribution in [0, 0.1) is 11.3 Å². The number of aromatic nitrogens is 3. The molecule has 1 aliphatic carbocycles. The molecule has 8 nitrogen and oxygen atoms in total. The van der Waals surface area contributed by atoms with Crippen molar-refractivity contribution >= 4 is 33.5 Å². The number of rotatable bonds is 8. The van der Waals surface area contributed by atoms with Crippen LogP contribution >= 0.6 is 0 Å². The molecule has 1 fully saturated rings. The summed E-state index contributed by atoms with van der Waals surface area (Å²) in [7, 11) is 0.742. The Morgan fingerprint density at radius 3 is 2.61 bits per heavy atom. The highest BCUT2D eigenvalue weighted by Gasteiger charge is 2.28. The lowest BCUT2D eigenvalue weighted by molar-refractivity contribution is 0.130. The van der Waals surface area contributed by atoms with Gasteiger partial charge in [-0.25, -0.2) is 9.78 Å². The van der Waals surface area contributed by atoms with E-state index in [1.807, 2.05) is 60.3 Å². The summed E-state index contributed by atoms with van der Waals surface area (Å²) >= 11 is 0. The highest BCUT2D eigenvalue weighted by atomic mass is 32.2. The molecule has 1 atom stereocenters. The van der Waals surface area contributed by atoms with Crippen molar-refractivity contribution in [1.82, 2.24) is 14.1 Å². The van der Waals surface area contributed by atoms with Gasteiger partial charge < -0.3 is 13.9 Å². The van der Waals surface area contributed by atoms with Crippen molar-refractivity contribution in [3.05, 3.63) is 66.2 Å². The third kappa shape index (κ3) is 5.09. The van der Waals surface area contributed by atoms with Gasteiger partial charge in [-0.1, -0.05) is 18.2 Å². The maximum atomic E-state index is 13.2. The van der Waals surface area contributed by atoms with E-state index in [1.165, 1.54) is 0 Å². The molecule has 1 aliphatic rings. The van der Waals surface area contributed by atoms with Crippen LogP contribution in [0.25, 0.3) is 22.2 Å². The van der Waals surface area contributed by atoms with Gasteiger partial charge in [-0.15, -0.1) is 0 Å². The fourth-order valence-electron chi connectivity index (χ4n) is 4.87. The number of nitriles is 1. The second-order valence-corrected chi connectivity index (χ2v) is 11.5. The Labute approximate surface area is 224 Å². The summed E-state index contributed by atoms with van der Waals surface area (Å²) in [6, 6.07) is 16.0. The Balaban J connectivity index is 1.50. The molecule has 2 aromatic heterocycles. The van der Waals surface area contributed by atoms with Crippen LogP contribution in [-0.2, 0) is 29.0 Å². The van der Waals surface area contributed by atoms with Gasteiger partial charge in [0.1, 0.15) is 11.9 Å². The fourth-order valence-corrected chi connectivity index (χ4v) is 5.93. The maximum absolute atomic E-state index is 13.2. The summed E-state index contributed by atoms with van der Waals surface area (Å²) in [6.07, 6.45) is 6.77. The molecule has 0 saturated heterocycles. The van der Waals surface area contributed by atoms with Crippen LogP contribution in [0.1, 0.15) is 50.5 Å². The number of aryl methyl sites for hydroxylation is 2. The van der Waals surface area contributed by atoms with Crippen LogP contribution in [-0.4, -0.2) is 36.3 Å². The average Bonchev–Trinajstić information content (AvgIpc) is 3.41. The number of imidazole rings is 1. The first kappa shape index (κ1) is 25.7. The molecular weight excluding hydrogens is 498 g/mol. The smallest absolute Gasteiger partial charge is 0.411 e. The van der Waals surface area contributed by atoms with Gasteiger partial charge in [-0.2, -0.15) is 5.26 Å². The van der Waals surface area contributed by atoms with Gasteiger partial charge in [0.15, 0.2) is 0 Å². The number of nitrogens with one attached hydrogen (secondary N) is 1. The highest BCUT2D eigenvalue weighted by Crippen LogP contribution is 2.43. The summed E-state index contributed by atoms with van der Waals surface area (Å²) in [4.78, 5) is 17.1. The summed E-state index contributed by atoms with van der Waals surface area (Å²) in [6.45, 7) is 3.60. The van der Waals surface area contributed by atoms with E-state index in [9.17, 15) is 14.3 Å². The molecule has 2 heterocycles. The number of hydrogen-bond acceptors (Lipinski definition) is 5. The molecule has 4 aromatic rings. The first-order valence-electron chi connectivity index (χ1n) is 12.9. The molecule has 1 unspecified atom stereocenters. The van der Waals surface area contributed by atoms with Crippen LogP contribution in [0.4, 0.5) is 10.5 Å². The first-order valence-corrected chi connectivity index (χ1v) is 14.2. The van der Waals surface area contributed by atoms with Crippen molar-refractivity contribution in [3.8, 4) is 17.3 Å². The fraction of sp³-hybridized carbons (Fsp3) is 0.345. The number of fused-ring (bicyclic) bond motifs is 1. The number of anilines is 1. The van der Waals surface area contributed by atoms with Gasteiger partial charge in [0.2, 0.25) is 0 Å². The SMILES string of the molecule is CC(C)OC(=O)Nc1ccc(-c2c(C#N)c3ccc(S(=O)CCc4nccn4C)cc3n2C2CCC2)cc1. The standard InChI is InChI=1S/C29H31N5O3S/c1-19(2)37-29(35)32-21-9-7-20(8-10-21)28-25(18-30)24-12-11-23(17-26(24)34(28)22-5-4-6-22)38(36)16-13-27-31-14-15-33(27)3/h7-12,14-15,17,19,22H,4-6,13,16H2,1-3H3,(H,32,35). The van der Waals surface area contributed by atoms with E-state index in [4.69, 9.17) is 4.74 Å². The van der Waals surface area contributed by atoms with Gasteiger partial charge in [0.25, 0.3) is 0 Å². The molecule has 1 saturated carbocycles. The number of benzene rings is 2. The Morgan fingerprint density at radius 2 is 2.00 bits per heavy atom. The van der Waals surface area contributed by atoms with Crippen molar-refractivity contribution in [2.24, 2.45) is 7.05 Å². The number of hydrogen-bond donors (Lipinski definition) is 1. The van der Waals surface area contributed by atoms with E-state index in [0.717, 1.165) is 52.1 Å². The van der Waals surface area contributed by atoms with Crippen LogP contribution < -0.4 is 5.32 Å². The summed E-state index contributed by atoms with van der Waals surface area (Å²) in [5.74, 6) is 1.38. The molecule has 2 aromatic carbocycles. The number of carbonyl (C=O) groups excluding carboxylic acids is 1. The molecule has 0 spiro atoms. The zero-order valence-corrected chi connectivity index (χ0v) is 22.6. The van der Waals surface area contributed by atoms with Crippen LogP contribution in [0.2, 0.25) is 0 Å².